The van der Waals surface area contributed by atoms with Gasteiger partial charge in [0.1, 0.15) is 17.9 Å². The molecule has 1 amide bonds. The number of aromatic nitrogens is 2. The van der Waals surface area contributed by atoms with Crippen molar-refractivity contribution in [2.45, 2.75) is 51.2 Å². The summed E-state index contributed by atoms with van der Waals surface area (Å²) in [5.41, 5.74) is 9.17. The lowest BCUT2D eigenvalue weighted by atomic mass is 9.89. The number of ether oxygens (including phenoxy) is 1. The highest BCUT2D eigenvalue weighted by Crippen LogP contribution is 2.26. The van der Waals surface area contributed by atoms with E-state index >= 15 is 0 Å². The molecule has 1 aromatic heterocycles. The molecule has 2 aromatic carbocycles. The average Bonchev–Trinajstić information content (AvgIpc) is 3.28. The number of nitrogen functional groups attached to an aromatic ring is 1. The number of imidazole rings is 1. The molecule has 0 bridgehead atoms. The van der Waals surface area contributed by atoms with E-state index in [1.807, 2.05) is 42.2 Å². The first-order valence-electron chi connectivity index (χ1n) is 11.5. The second-order valence-electron chi connectivity index (χ2n) is 8.46. The van der Waals surface area contributed by atoms with Crippen molar-refractivity contribution in [3.8, 4) is 18.1 Å². The van der Waals surface area contributed by atoms with Crippen LogP contribution in [0, 0.1) is 12.3 Å². The predicted molar refractivity (Wildman–Crippen MR) is 131 cm³/mol. The minimum atomic E-state index is -0.0721. The number of hydrogen-bond acceptors (Lipinski definition) is 5. The summed E-state index contributed by atoms with van der Waals surface area (Å²) in [4.78, 5) is 22.9. The van der Waals surface area contributed by atoms with Crippen molar-refractivity contribution in [3.05, 3.63) is 53.9 Å². The molecule has 0 saturated heterocycles. The number of aromatic amines is 1. The van der Waals surface area contributed by atoms with Crippen LogP contribution in [0.5, 0.6) is 5.75 Å². The molecule has 2 atom stereocenters. The zero-order valence-corrected chi connectivity index (χ0v) is 19.0. The maximum Gasteiger partial charge on any atom is 0.289 e. The molecule has 0 unspecified atom stereocenters. The molecule has 4 N–H and O–H groups in total. The van der Waals surface area contributed by atoms with Gasteiger partial charge in [-0.25, -0.2) is 4.98 Å². The maximum atomic E-state index is 13.3. The number of fused-ring (bicyclic) bond motifs is 1. The number of benzene rings is 2. The number of carbonyl (C=O) groups is 1. The predicted octanol–water partition coefficient (Wildman–Crippen LogP) is 3.72. The van der Waals surface area contributed by atoms with Crippen molar-refractivity contribution in [2.75, 3.05) is 18.9 Å². The second-order valence-corrected chi connectivity index (χ2v) is 8.46. The van der Waals surface area contributed by atoms with Crippen molar-refractivity contribution in [1.82, 2.24) is 20.2 Å². The van der Waals surface area contributed by atoms with Gasteiger partial charge in [-0.1, -0.05) is 24.1 Å². The Labute approximate surface area is 194 Å². The first-order chi connectivity index (χ1) is 16.1. The van der Waals surface area contributed by atoms with Crippen LogP contribution in [0.1, 0.15) is 48.8 Å². The average molecular weight is 446 g/mol. The molecule has 1 heterocycles. The third-order valence-electron chi connectivity index (χ3n) is 6.25. The Bertz CT molecular complexity index is 1150. The van der Waals surface area contributed by atoms with E-state index in [0.29, 0.717) is 29.6 Å². The van der Waals surface area contributed by atoms with Gasteiger partial charge in [0.15, 0.2) is 5.82 Å². The van der Waals surface area contributed by atoms with Gasteiger partial charge in [-0.05, 0) is 62.4 Å². The van der Waals surface area contributed by atoms with Crippen LogP contribution in [0.3, 0.4) is 0 Å². The van der Waals surface area contributed by atoms with Crippen LogP contribution in [-0.2, 0) is 6.54 Å². The number of H-pyrrole nitrogens is 1. The third-order valence-corrected chi connectivity index (χ3v) is 6.25. The smallest absolute Gasteiger partial charge is 0.289 e. The first-order valence-corrected chi connectivity index (χ1v) is 11.5. The van der Waals surface area contributed by atoms with Crippen molar-refractivity contribution in [1.29, 1.82) is 0 Å². The molecule has 0 radical (unpaired) electrons. The number of terminal acetylenes is 1. The summed E-state index contributed by atoms with van der Waals surface area (Å²) in [7, 11) is 0. The molecular formula is C26H31N5O2. The summed E-state index contributed by atoms with van der Waals surface area (Å²) in [6.07, 6.45) is 9.35. The molecule has 0 aliphatic heterocycles. The number of amides is 1. The van der Waals surface area contributed by atoms with Gasteiger partial charge >= 0.3 is 0 Å². The number of rotatable bonds is 8. The molecular weight excluding hydrogens is 414 g/mol. The number of carbonyl (C=O) groups excluding carboxylic acids is 1. The Balaban J connectivity index is 1.39. The largest absolute Gasteiger partial charge is 0.481 e. The van der Waals surface area contributed by atoms with Crippen LogP contribution >= 0.6 is 0 Å². The fraction of sp³-hybridized carbons (Fsp3) is 0.385. The van der Waals surface area contributed by atoms with Crippen LogP contribution in [-0.4, -0.2) is 46.0 Å². The zero-order valence-electron chi connectivity index (χ0n) is 19.0. The van der Waals surface area contributed by atoms with Gasteiger partial charge in [0.2, 0.25) is 0 Å². The van der Waals surface area contributed by atoms with Crippen LogP contribution in [0.4, 0.5) is 5.69 Å². The lowest BCUT2D eigenvalue weighted by molar-refractivity contribution is 0.0617. The number of anilines is 1. The molecule has 1 aliphatic rings. The van der Waals surface area contributed by atoms with E-state index in [1.54, 1.807) is 6.07 Å². The molecule has 1 fully saturated rings. The van der Waals surface area contributed by atoms with E-state index in [9.17, 15) is 4.79 Å². The SMILES string of the molecule is C#CCOc1cccc(CN[C@@H]2CCC[C@H](N(CC)C(=O)c3nc4c(N)cccc4[nH]3)C2)c1. The summed E-state index contributed by atoms with van der Waals surface area (Å²) in [6, 6.07) is 14.0. The van der Waals surface area contributed by atoms with Crippen LogP contribution in [0.25, 0.3) is 11.0 Å². The van der Waals surface area contributed by atoms with E-state index in [1.165, 1.54) is 0 Å². The van der Waals surface area contributed by atoms with Crippen molar-refractivity contribution in [2.24, 2.45) is 0 Å². The fourth-order valence-corrected chi connectivity index (χ4v) is 4.62. The first kappa shape index (κ1) is 22.7. The van der Waals surface area contributed by atoms with Crippen LogP contribution in [0.2, 0.25) is 0 Å². The summed E-state index contributed by atoms with van der Waals surface area (Å²) < 4.78 is 5.52. The monoisotopic (exact) mass is 445 g/mol. The molecule has 7 nitrogen and oxygen atoms in total. The topological polar surface area (TPSA) is 96.3 Å². The highest BCUT2D eigenvalue weighted by Gasteiger charge is 2.30. The van der Waals surface area contributed by atoms with Crippen LogP contribution in [0.15, 0.2) is 42.5 Å². The summed E-state index contributed by atoms with van der Waals surface area (Å²) in [5.74, 6) is 3.55. The van der Waals surface area contributed by atoms with Gasteiger partial charge in [-0.3, -0.25) is 4.79 Å². The Kier molecular flexibility index (Phi) is 7.16. The Morgan fingerprint density at radius 1 is 1.33 bits per heavy atom. The van der Waals surface area contributed by atoms with Crippen molar-refractivity contribution >= 4 is 22.6 Å². The summed E-state index contributed by atoms with van der Waals surface area (Å²) in [6.45, 7) is 3.67. The van der Waals surface area contributed by atoms with Gasteiger partial charge in [0.25, 0.3) is 5.91 Å². The Morgan fingerprint density at radius 3 is 2.97 bits per heavy atom. The minimum Gasteiger partial charge on any atom is -0.481 e. The quantitative estimate of drug-likeness (QED) is 0.363. The summed E-state index contributed by atoms with van der Waals surface area (Å²) >= 11 is 0. The highest BCUT2D eigenvalue weighted by atomic mass is 16.5. The lowest BCUT2D eigenvalue weighted by Gasteiger charge is -2.37. The number of nitrogens with one attached hydrogen (secondary N) is 2. The van der Waals surface area contributed by atoms with E-state index in [4.69, 9.17) is 16.9 Å². The van der Waals surface area contributed by atoms with Gasteiger partial charge in [-0.15, -0.1) is 6.42 Å². The molecule has 33 heavy (non-hydrogen) atoms. The number of nitrogens with zero attached hydrogens (tertiary/aromatic N) is 2. The van der Waals surface area contributed by atoms with Gasteiger partial charge in [0, 0.05) is 25.2 Å². The van der Waals surface area contributed by atoms with E-state index in [2.05, 4.69) is 27.3 Å². The normalized spacial score (nSPS) is 18.1. The Hall–Kier alpha value is -3.50. The molecule has 1 aliphatic carbocycles. The molecule has 4 rings (SSSR count). The van der Waals surface area contributed by atoms with E-state index in [0.717, 1.165) is 49.1 Å². The third kappa shape index (κ3) is 5.29. The van der Waals surface area contributed by atoms with Gasteiger partial charge < -0.3 is 25.7 Å². The molecule has 172 valence electrons. The Morgan fingerprint density at radius 2 is 2.18 bits per heavy atom. The van der Waals surface area contributed by atoms with Crippen LogP contribution < -0.4 is 15.8 Å². The summed E-state index contributed by atoms with van der Waals surface area (Å²) in [5, 5.41) is 3.66. The maximum absolute atomic E-state index is 13.3. The molecule has 3 aromatic rings. The number of para-hydroxylation sites is 1. The van der Waals surface area contributed by atoms with E-state index in [-0.39, 0.29) is 18.6 Å². The fourth-order valence-electron chi connectivity index (χ4n) is 4.62. The molecule has 1 saturated carbocycles. The lowest BCUT2D eigenvalue weighted by Crippen LogP contribution is -2.47. The highest BCUT2D eigenvalue weighted by molar-refractivity contribution is 5.97. The standard InChI is InChI=1S/C26H31N5O2/c1-3-14-33-21-11-5-8-18(15-21)17-28-19-9-6-10-20(16-19)31(4-2)26(32)25-29-23-13-7-12-22(27)24(23)30-25/h1,5,7-8,11-13,15,19-20,28H,4,6,9-10,14,16-17,27H2,2H3,(H,29,30)/t19-,20+/m1/s1. The van der Waals surface area contributed by atoms with Gasteiger partial charge in [-0.2, -0.15) is 0 Å². The minimum absolute atomic E-state index is 0.0721. The van der Waals surface area contributed by atoms with Gasteiger partial charge in [0.05, 0.1) is 11.2 Å². The second kappa shape index (κ2) is 10.4. The zero-order chi connectivity index (χ0) is 23.2. The molecule has 7 heteroatoms. The molecule has 0 spiro atoms. The van der Waals surface area contributed by atoms with E-state index < -0.39 is 0 Å². The van der Waals surface area contributed by atoms with Crippen molar-refractivity contribution in [3.63, 3.8) is 0 Å². The van der Waals surface area contributed by atoms with Crippen molar-refractivity contribution < 1.29 is 9.53 Å². The number of nitrogens with two attached hydrogens (primary N) is 1. The number of hydrogen-bond donors (Lipinski definition) is 3.